The van der Waals surface area contributed by atoms with Crippen LogP contribution in [-0.2, 0) is 20.9 Å². The molecule has 96 valence electrons. The third-order valence-electron chi connectivity index (χ3n) is 3.24. The number of carbonyl (C=O) groups is 2. The molecule has 18 heavy (non-hydrogen) atoms. The average molecular weight is 247 g/mol. The minimum atomic E-state index is -0.434. The number of hydrogen-bond acceptors (Lipinski definition) is 4. The van der Waals surface area contributed by atoms with Crippen LogP contribution in [0.5, 0.6) is 0 Å². The van der Waals surface area contributed by atoms with Crippen molar-refractivity contribution in [3.63, 3.8) is 0 Å². The minimum Gasteiger partial charge on any atom is -0.468 e. The highest BCUT2D eigenvalue weighted by molar-refractivity contribution is 5.87. The maximum Gasteiger partial charge on any atom is 0.323 e. The summed E-state index contributed by atoms with van der Waals surface area (Å²) in [5.41, 5.74) is 1.14. The number of Topliss-reactive ketones (excluding diaryl/α,β-unsaturated/α-hetero) is 1. The van der Waals surface area contributed by atoms with Gasteiger partial charge in [-0.05, 0) is 5.56 Å². The minimum absolute atomic E-state index is 0.134. The Balaban J connectivity index is 2.09. The number of nitrogens with zero attached hydrogens (tertiary/aromatic N) is 1. The standard InChI is InChI=1S/C14H17NO3/c1-18-14(17)13-9-12(16)7-8-15(13)10-11-5-3-2-4-6-11/h2-6,13H,7-10H2,1H3. The second-order valence-electron chi connectivity index (χ2n) is 4.49. The quantitative estimate of drug-likeness (QED) is 0.757. The molecule has 1 aromatic carbocycles. The molecule has 0 aliphatic carbocycles. The monoisotopic (exact) mass is 247 g/mol. The van der Waals surface area contributed by atoms with E-state index >= 15 is 0 Å². The van der Waals surface area contributed by atoms with E-state index in [1.165, 1.54) is 7.11 Å². The molecule has 1 aromatic rings. The lowest BCUT2D eigenvalue weighted by atomic mass is 10.00. The van der Waals surface area contributed by atoms with Crippen LogP contribution >= 0.6 is 0 Å². The average Bonchev–Trinajstić information content (AvgIpc) is 2.41. The Morgan fingerprint density at radius 2 is 2.11 bits per heavy atom. The van der Waals surface area contributed by atoms with Crippen LogP contribution in [0, 0.1) is 0 Å². The molecule has 4 nitrogen and oxygen atoms in total. The predicted octanol–water partition coefficient (Wildman–Crippen LogP) is 1.39. The van der Waals surface area contributed by atoms with E-state index < -0.39 is 6.04 Å². The fraction of sp³-hybridized carbons (Fsp3) is 0.429. The van der Waals surface area contributed by atoms with Crippen molar-refractivity contribution in [3.8, 4) is 0 Å². The first-order chi connectivity index (χ1) is 8.70. The second-order valence-corrected chi connectivity index (χ2v) is 4.49. The lowest BCUT2D eigenvalue weighted by Gasteiger charge is -2.32. The van der Waals surface area contributed by atoms with Crippen molar-refractivity contribution < 1.29 is 14.3 Å². The van der Waals surface area contributed by atoms with Gasteiger partial charge < -0.3 is 4.74 Å². The molecule has 1 saturated heterocycles. The molecule has 1 atom stereocenters. The summed E-state index contributed by atoms with van der Waals surface area (Å²) in [6, 6.07) is 9.50. The number of ketones is 1. The van der Waals surface area contributed by atoms with Gasteiger partial charge in [-0.2, -0.15) is 0 Å². The molecule has 1 fully saturated rings. The van der Waals surface area contributed by atoms with Gasteiger partial charge in [0.25, 0.3) is 0 Å². The second kappa shape index (κ2) is 5.78. The van der Waals surface area contributed by atoms with Crippen molar-refractivity contribution in [1.82, 2.24) is 4.90 Å². The third-order valence-corrected chi connectivity index (χ3v) is 3.24. The fourth-order valence-electron chi connectivity index (χ4n) is 2.25. The van der Waals surface area contributed by atoms with Gasteiger partial charge in [0, 0.05) is 25.9 Å². The first-order valence-corrected chi connectivity index (χ1v) is 6.08. The number of hydrogen-bond donors (Lipinski definition) is 0. The van der Waals surface area contributed by atoms with Gasteiger partial charge in [-0.15, -0.1) is 0 Å². The summed E-state index contributed by atoms with van der Waals surface area (Å²) in [5, 5.41) is 0. The molecule has 4 heteroatoms. The van der Waals surface area contributed by atoms with E-state index in [1.807, 2.05) is 35.2 Å². The molecular formula is C14H17NO3. The van der Waals surface area contributed by atoms with Crippen LogP contribution < -0.4 is 0 Å². The zero-order valence-corrected chi connectivity index (χ0v) is 10.5. The largest absolute Gasteiger partial charge is 0.468 e. The summed E-state index contributed by atoms with van der Waals surface area (Å²) >= 11 is 0. The van der Waals surface area contributed by atoms with Crippen LogP contribution in [0.3, 0.4) is 0 Å². The molecule has 0 radical (unpaired) electrons. The van der Waals surface area contributed by atoms with Gasteiger partial charge in [-0.1, -0.05) is 30.3 Å². The summed E-state index contributed by atoms with van der Waals surface area (Å²) in [4.78, 5) is 25.2. The maximum atomic E-state index is 11.7. The number of likely N-dealkylation sites (tertiary alicyclic amines) is 1. The molecule has 0 bridgehead atoms. The van der Waals surface area contributed by atoms with Crippen molar-refractivity contribution in [2.24, 2.45) is 0 Å². The van der Waals surface area contributed by atoms with Crippen LogP contribution in [0.1, 0.15) is 18.4 Å². The van der Waals surface area contributed by atoms with E-state index in [0.717, 1.165) is 5.56 Å². The molecule has 1 aliphatic rings. The molecule has 0 aromatic heterocycles. The van der Waals surface area contributed by atoms with E-state index in [4.69, 9.17) is 4.74 Å². The number of carbonyl (C=O) groups excluding carboxylic acids is 2. The SMILES string of the molecule is COC(=O)C1CC(=O)CCN1Cc1ccccc1. The summed E-state index contributed by atoms with van der Waals surface area (Å²) in [6.45, 7) is 1.29. The molecule has 0 amide bonds. The summed E-state index contributed by atoms with van der Waals surface area (Å²) in [6.07, 6.45) is 0.778. The lowest BCUT2D eigenvalue weighted by Crippen LogP contribution is -2.47. The number of ether oxygens (including phenoxy) is 1. The molecule has 1 aliphatic heterocycles. The van der Waals surface area contributed by atoms with Crippen LogP contribution in [-0.4, -0.2) is 36.3 Å². The van der Waals surface area contributed by atoms with Crippen LogP contribution in [0.2, 0.25) is 0 Å². The van der Waals surface area contributed by atoms with E-state index in [0.29, 0.717) is 19.5 Å². The van der Waals surface area contributed by atoms with Gasteiger partial charge in [0.05, 0.1) is 7.11 Å². The van der Waals surface area contributed by atoms with Gasteiger partial charge in [0.1, 0.15) is 11.8 Å². The summed E-state index contributed by atoms with van der Waals surface area (Å²) < 4.78 is 4.77. The smallest absolute Gasteiger partial charge is 0.323 e. The van der Waals surface area contributed by atoms with Crippen LogP contribution in [0.25, 0.3) is 0 Å². The van der Waals surface area contributed by atoms with Gasteiger partial charge in [-0.25, -0.2) is 0 Å². The summed E-state index contributed by atoms with van der Waals surface area (Å²) in [5.74, 6) is -0.186. The predicted molar refractivity (Wildman–Crippen MR) is 66.9 cm³/mol. The molecule has 1 heterocycles. The molecule has 0 spiro atoms. The Morgan fingerprint density at radius 1 is 1.39 bits per heavy atom. The van der Waals surface area contributed by atoms with Crippen LogP contribution in [0.15, 0.2) is 30.3 Å². The van der Waals surface area contributed by atoms with Gasteiger partial charge in [0.15, 0.2) is 0 Å². The zero-order valence-electron chi connectivity index (χ0n) is 10.5. The zero-order chi connectivity index (χ0) is 13.0. The van der Waals surface area contributed by atoms with Gasteiger partial charge in [-0.3, -0.25) is 14.5 Å². The van der Waals surface area contributed by atoms with Gasteiger partial charge >= 0.3 is 5.97 Å². The third kappa shape index (κ3) is 2.96. The highest BCUT2D eigenvalue weighted by Gasteiger charge is 2.33. The number of methoxy groups -OCH3 is 1. The Morgan fingerprint density at radius 3 is 2.78 bits per heavy atom. The first kappa shape index (κ1) is 12.8. The number of benzene rings is 1. The molecular weight excluding hydrogens is 230 g/mol. The van der Waals surface area contributed by atoms with E-state index in [1.54, 1.807) is 0 Å². The van der Waals surface area contributed by atoms with Crippen molar-refractivity contribution >= 4 is 11.8 Å². The number of rotatable bonds is 3. The van der Waals surface area contributed by atoms with Crippen molar-refractivity contribution in [1.29, 1.82) is 0 Å². The highest BCUT2D eigenvalue weighted by atomic mass is 16.5. The van der Waals surface area contributed by atoms with Crippen molar-refractivity contribution in [2.75, 3.05) is 13.7 Å². The van der Waals surface area contributed by atoms with Crippen LogP contribution in [0.4, 0.5) is 0 Å². The Labute approximate surface area is 107 Å². The van der Waals surface area contributed by atoms with Crippen molar-refractivity contribution in [3.05, 3.63) is 35.9 Å². The maximum absolute atomic E-state index is 11.7. The first-order valence-electron chi connectivity index (χ1n) is 6.08. The molecule has 1 unspecified atom stereocenters. The number of esters is 1. The molecule has 2 rings (SSSR count). The van der Waals surface area contributed by atoms with Crippen molar-refractivity contribution in [2.45, 2.75) is 25.4 Å². The normalized spacial score (nSPS) is 20.7. The molecule has 0 saturated carbocycles. The van der Waals surface area contributed by atoms with Gasteiger partial charge in [0.2, 0.25) is 0 Å². The van der Waals surface area contributed by atoms with E-state index in [-0.39, 0.29) is 18.2 Å². The summed E-state index contributed by atoms with van der Waals surface area (Å²) in [7, 11) is 1.36. The topological polar surface area (TPSA) is 46.6 Å². The van der Waals surface area contributed by atoms with E-state index in [9.17, 15) is 9.59 Å². The Hall–Kier alpha value is -1.68. The van der Waals surface area contributed by atoms with E-state index in [2.05, 4.69) is 0 Å². The fourth-order valence-corrected chi connectivity index (χ4v) is 2.25. The highest BCUT2D eigenvalue weighted by Crippen LogP contribution is 2.18. The lowest BCUT2D eigenvalue weighted by molar-refractivity contribution is -0.151. The Bertz CT molecular complexity index is 430. The molecule has 0 N–H and O–H groups in total. The Kier molecular flexibility index (Phi) is 4.10. The number of piperidine rings is 1.